The molecule has 0 aromatic heterocycles. The summed E-state index contributed by atoms with van der Waals surface area (Å²) in [6.07, 6.45) is 7.50. The molecule has 6 heteroatoms. The van der Waals surface area contributed by atoms with E-state index >= 15 is 0 Å². The first-order chi connectivity index (χ1) is 11.2. The largest absolute Gasteiger partial charge is 0.368 e. The average Bonchev–Trinajstić information content (AvgIpc) is 3.25. The van der Waals surface area contributed by atoms with Gasteiger partial charge in [-0.05, 0) is 50.2 Å². The molecule has 3 rings (SSSR count). The number of hydrazine groups is 1. The van der Waals surface area contributed by atoms with Crippen LogP contribution in [0, 0.1) is 5.92 Å². The van der Waals surface area contributed by atoms with Crippen LogP contribution in [0.4, 0.5) is 0 Å². The zero-order chi connectivity index (χ0) is 16.1. The number of rotatable bonds is 6. The number of hydrogen-bond acceptors (Lipinski definition) is 5. The summed E-state index contributed by atoms with van der Waals surface area (Å²) < 4.78 is 5.96. The predicted molar refractivity (Wildman–Crippen MR) is 94.4 cm³/mol. The van der Waals surface area contributed by atoms with Crippen LogP contribution in [0.2, 0.25) is 0 Å². The summed E-state index contributed by atoms with van der Waals surface area (Å²) in [6.45, 7) is 5.12. The van der Waals surface area contributed by atoms with E-state index in [0.717, 1.165) is 38.4 Å². The van der Waals surface area contributed by atoms with E-state index in [-0.39, 0.29) is 24.7 Å². The molecular formula is C17H31N3O2S. The van der Waals surface area contributed by atoms with Crippen molar-refractivity contribution in [1.29, 1.82) is 0 Å². The molecule has 3 aliphatic rings. The number of thioether (sulfide) groups is 1. The molecule has 0 spiro atoms. The van der Waals surface area contributed by atoms with E-state index in [0.29, 0.717) is 5.25 Å². The molecule has 1 saturated carbocycles. The Morgan fingerprint density at radius 2 is 1.91 bits per heavy atom. The molecule has 0 bridgehead atoms. The molecule has 2 N–H and O–H groups in total. The highest BCUT2D eigenvalue weighted by atomic mass is 32.2. The number of ether oxygens (including phenoxy) is 1. The van der Waals surface area contributed by atoms with E-state index in [1.807, 2.05) is 11.8 Å². The second-order valence-electron chi connectivity index (χ2n) is 7.29. The topological polar surface area (TPSA) is 53.6 Å². The standard InChI is InChI=1S/C17H31N3O2S/c1-13-4-6-15(7-5-13)22-12-17(21)20(14-9-18-19-10-14)11-16-3-2-8-23-16/h13-16,18-19H,2-12H2,1H3. The third-order valence-corrected chi connectivity index (χ3v) is 6.77. The van der Waals surface area contributed by atoms with Crippen LogP contribution in [0.1, 0.15) is 45.4 Å². The Morgan fingerprint density at radius 1 is 1.17 bits per heavy atom. The second kappa shape index (κ2) is 8.70. The van der Waals surface area contributed by atoms with Crippen molar-refractivity contribution in [2.75, 3.05) is 32.0 Å². The number of nitrogens with one attached hydrogen (secondary N) is 2. The Balaban J connectivity index is 1.49. The Morgan fingerprint density at radius 3 is 2.57 bits per heavy atom. The van der Waals surface area contributed by atoms with Gasteiger partial charge in [-0.25, -0.2) is 0 Å². The summed E-state index contributed by atoms with van der Waals surface area (Å²) >= 11 is 2.02. The fraction of sp³-hybridized carbons (Fsp3) is 0.941. The first-order valence-corrected chi connectivity index (χ1v) is 10.3. The Labute approximate surface area is 144 Å². The van der Waals surface area contributed by atoms with Gasteiger partial charge >= 0.3 is 0 Å². The highest BCUT2D eigenvalue weighted by Gasteiger charge is 2.30. The van der Waals surface area contributed by atoms with E-state index < -0.39 is 0 Å². The summed E-state index contributed by atoms with van der Waals surface area (Å²) in [7, 11) is 0. The first-order valence-electron chi connectivity index (χ1n) is 9.20. The highest BCUT2D eigenvalue weighted by molar-refractivity contribution is 8.00. The number of carbonyl (C=O) groups is 1. The summed E-state index contributed by atoms with van der Waals surface area (Å²) in [4.78, 5) is 14.8. The van der Waals surface area contributed by atoms with Gasteiger partial charge in [0.2, 0.25) is 5.91 Å². The molecule has 23 heavy (non-hydrogen) atoms. The zero-order valence-corrected chi connectivity index (χ0v) is 15.1. The van der Waals surface area contributed by atoms with Crippen molar-refractivity contribution in [3.05, 3.63) is 0 Å². The molecule has 1 atom stereocenters. The van der Waals surface area contributed by atoms with Crippen molar-refractivity contribution >= 4 is 17.7 Å². The quantitative estimate of drug-likeness (QED) is 0.771. The van der Waals surface area contributed by atoms with Gasteiger partial charge in [0.1, 0.15) is 6.61 Å². The van der Waals surface area contributed by atoms with E-state index in [4.69, 9.17) is 4.74 Å². The van der Waals surface area contributed by atoms with Gasteiger partial charge in [-0.1, -0.05) is 6.92 Å². The maximum absolute atomic E-state index is 12.8. The zero-order valence-electron chi connectivity index (χ0n) is 14.3. The molecule has 2 aliphatic heterocycles. The average molecular weight is 342 g/mol. The van der Waals surface area contributed by atoms with Crippen LogP contribution >= 0.6 is 11.8 Å². The minimum atomic E-state index is 0.173. The number of carbonyl (C=O) groups excluding carboxylic acids is 1. The number of nitrogens with zero attached hydrogens (tertiary/aromatic N) is 1. The third-order valence-electron chi connectivity index (χ3n) is 5.39. The van der Waals surface area contributed by atoms with Gasteiger partial charge in [0.05, 0.1) is 12.1 Å². The van der Waals surface area contributed by atoms with Crippen molar-refractivity contribution in [1.82, 2.24) is 15.8 Å². The van der Waals surface area contributed by atoms with Crippen molar-refractivity contribution in [3.63, 3.8) is 0 Å². The summed E-state index contributed by atoms with van der Waals surface area (Å²) in [5.41, 5.74) is 6.30. The monoisotopic (exact) mass is 341 g/mol. The first kappa shape index (κ1) is 17.5. The molecule has 132 valence electrons. The molecule has 1 aliphatic carbocycles. The van der Waals surface area contributed by atoms with Gasteiger partial charge in [0.25, 0.3) is 0 Å². The Bertz CT molecular complexity index is 376. The van der Waals surface area contributed by atoms with Gasteiger partial charge in [-0.3, -0.25) is 15.6 Å². The lowest BCUT2D eigenvalue weighted by atomic mass is 9.89. The summed E-state index contributed by atoms with van der Waals surface area (Å²) in [5, 5.41) is 0.607. The van der Waals surface area contributed by atoms with E-state index in [9.17, 15) is 4.79 Å². The SMILES string of the molecule is CC1CCC(OCC(=O)N(CC2CCCS2)C2CNNC2)CC1. The molecule has 1 amide bonds. The molecule has 3 fully saturated rings. The summed E-state index contributed by atoms with van der Waals surface area (Å²) in [6, 6.07) is 0.263. The van der Waals surface area contributed by atoms with Crippen LogP contribution in [0.25, 0.3) is 0 Å². The molecule has 2 heterocycles. The highest BCUT2D eigenvalue weighted by Crippen LogP contribution is 2.28. The van der Waals surface area contributed by atoms with Crippen molar-refractivity contribution < 1.29 is 9.53 Å². The van der Waals surface area contributed by atoms with Crippen LogP contribution in [-0.4, -0.2) is 60.2 Å². The minimum absolute atomic E-state index is 0.173. The van der Waals surface area contributed by atoms with Crippen LogP contribution in [0.3, 0.4) is 0 Å². The minimum Gasteiger partial charge on any atom is -0.368 e. The van der Waals surface area contributed by atoms with Crippen molar-refractivity contribution in [2.24, 2.45) is 5.92 Å². The Kier molecular flexibility index (Phi) is 6.62. The van der Waals surface area contributed by atoms with Crippen LogP contribution in [0.15, 0.2) is 0 Å². The maximum Gasteiger partial charge on any atom is 0.248 e. The van der Waals surface area contributed by atoms with Gasteiger partial charge < -0.3 is 9.64 Å². The van der Waals surface area contributed by atoms with E-state index in [2.05, 4.69) is 22.7 Å². The Hall–Kier alpha value is -0.300. The van der Waals surface area contributed by atoms with E-state index in [1.54, 1.807) is 0 Å². The van der Waals surface area contributed by atoms with Gasteiger partial charge in [-0.2, -0.15) is 11.8 Å². The van der Waals surface area contributed by atoms with E-state index in [1.165, 1.54) is 31.4 Å². The molecule has 1 unspecified atom stereocenters. The third kappa shape index (κ3) is 5.08. The lowest BCUT2D eigenvalue weighted by Crippen LogP contribution is -2.48. The lowest BCUT2D eigenvalue weighted by molar-refractivity contribution is -0.140. The maximum atomic E-state index is 12.8. The van der Waals surface area contributed by atoms with Gasteiger partial charge in [0.15, 0.2) is 0 Å². The van der Waals surface area contributed by atoms with Crippen molar-refractivity contribution in [3.8, 4) is 0 Å². The van der Waals surface area contributed by atoms with Crippen LogP contribution < -0.4 is 10.9 Å². The normalized spacial score (nSPS) is 32.3. The van der Waals surface area contributed by atoms with Gasteiger partial charge in [-0.15, -0.1) is 0 Å². The number of hydrogen-bond donors (Lipinski definition) is 2. The van der Waals surface area contributed by atoms with Crippen LogP contribution in [0.5, 0.6) is 0 Å². The number of amides is 1. The molecule has 0 aromatic carbocycles. The van der Waals surface area contributed by atoms with Crippen molar-refractivity contribution in [2.45, 2.75) is 62.8 Å². The lowest BCUT2D eigenvalue weighted by Gasteiger charge is -2.32. The fourth-order valence-electron chi connectivity index (χ4n) is 3.80. The molecule has 5 nitrogen and oxygen atoms in total. The smallest absolute Gasteiger partial charge is 0.248 e. The second-order valence-corrected chi connectivity index (χ2v) is 8.70. The molecule has 2 saturated heterocycles. The van der Waals surface area contributed by atoms with Gasteiger partial charge in [0, 0.05) is 24.9 Å². The molecular weight excluding hydrogens is 310 g/mol. The fourth-order valence-corrected chi connectivity index (χ4v) is 5.07. The summed E-state index contributed by atoms with van der Waals surface area (Å²) in [5.74, 6) is 2.23. The van der Waals surface area contributed by atoms with Crippen LogP contribution in [-0.2, 0) is 9.53 Å². The predicted octanol–water partition coefficient (Wildman–Crippen LogP) is 1.78. The molecule has 0 radical (unpaired) electrons. The molecule has 0 aromatic rings.